The molecule has 0 aliphatic heterocycles. The third-order valence-electron chi connectivity index (χ3n) is 4.97. The van der Waals surface area contributed by atoms with E-state index in [0.29, 0.717) is 11.9 Å². The average Bonchev–Trinajstić information content (AvgIpc) is 3.45. The van der Waals surface area contributed by atoms with Crippen LogP contribution in [0.3, 0.4) is 0 Å². The van der Waals surface area contributed by atoms with Gasteiger partial charge in [-0.25, -0.2) is 22.8 Å². The molecule has 2 aromatic heterocycles. The molecule has 1 aromatic carbocycles. The molecule has 2 N–H and O–H groups in total. The van der Waals surface area contributed by atoms with Gasteiger partial charge in [0.1, 0.15) is 5.56 Å². The molecule has 8 nitrogen and oxygen atoms in total. The summed E-state index contributed by atoms with van der Waals surface area (Å²) in [6.07, 6.45) is 3.92. The first kappa shape index (κ1) is 22.0. The van der Waals surface area contributed by atoms with Crippen LogP contribution in [0.25, 0.3) is 11.4 Å². The van der Waals surface area contributed by atoms with Crippen LogP contribution in [-0.4, -0.2) is 35.2 Å². The molecule has 0 amide bonds. The fourth-order valence-electron chi connectivity index (χ4n) is 3.31. The van der Waals surface area contributed by atoms with E-state index in [-0.39, 0.29) is 10.8 Å². The fourth-order valence-corrected chi connectivity index (χ4v) is 4.04. The Kier molecular flexibility index (Phi) is 5.73. The molecule has 0 radical (unpaired) electrons. The van der Waals surface area contributed by atoms with Crippen LogP contribution in [0.5, 0.6) is 0 Å². The van der Waals surface area contributed by atoms with Gasteiger partial charge in [0.2, 0.25) is 16.0 Å². The largest absolute Gasteiger partial charge is 0.421 e. The quantitative estimate of drug-likeness (QED) is 0.574. The molecule has 12 heteroatoms. The molecule has 0 saturated carbocycles. The van der Waals surface area contributed by atoms with E-state index in [1.807, 2.05) is 0 Å². The Bertz CT molecular complexity index is 1270. The Morgan fingerprint density at radius 2 is 1.88 bits per heavy atom. The molecule has 32 heavy (non-hydrogen) atoms. The lowest BCUT2D eigenvalue weighted by atomic mass is 10.1. The molecule has 0 atom stereocenters. The van der Waals surface area contributed by atoms with Gasteiger partial charge in [-0.3, -0.25) is 0 Å². The number of sulfonamides is 1. The number of nitrogens with one attached hydrogen (secondary N) is 2. The zero-order chi connectivity index (χ0) is 22.9. The van der Waals surface area contributed by atoms with Gasteiger partial charge in [-0.2, -0.15) is 23.3 Å². The lowest BCUT2D eigenvalue weighted by Gasteiger charge is -2.13. The molecule has 0 fully saturated rings. The number of rotatable bonds is 6. The molecule has 4 rings (SSSR count). The van der Waals surface area contributed by atoms with E-state index >= 15 is 0 Å². The third kappa shape index (κ3) is 4.50. The minimum Gasteiger partial charge on any atom is -0.324 e. The second-order valence-electron chi connectivity index (χ2n) is 7.08. The smallest absolute Gasteiger partial charge is 0.324 e. The van der Waals surface area contributed by atoms with Gasteiger partial charge in [0, 0.05) is 23.6 Å². The van der Waals surface area contributed by atoms with Crippen LogP contribution < -0.4 is 10.0 Å². The van der Waals surface area contributed by atoms with Crippen molar-refractivity contribution in [2.45, 2.75) is 30.3 Å². The van der Waals surface area contributed by atoms with Crippen molar-refractivity contribution in [1.82, 2.24) is 24.5 Å². The highest BCUT2D eigenvalue weighted by Gasteiger charge is 2.36. The van der Waals surface area contributed by atoms with Gasteiger partial charge in [-0.15, -0.1) is 0 Å². The second-order valence-corrected chi connectivity index (χ2v) is 8.97. The van der Waals surface area contributed by atoms with E-state index in [2.05, 4.69) is 31.2 Å². The Morgan fingerprint density at radius 1 is 1.12 bits per heavy atom. The molecule has 1 aliphatic rings. The van der Waals surface area contributed by atoms with E-state index < -0.39 is 27.6 Å². The summed E-state index contributed by atoms with van der Waals surface area (Å²) >= 11 is 0. The second kappa shape index (κ2) is 8.36. The highest BCUT2D eigenvalue weighted by atomic mass is 32.2. The lowest BCUT2D eigenvalue weighted by molar-refractivity contribution is -0.138. The van der Waals surface area contributed by atoms with Crippen LogP contribution in [0.4, 0.5) is 24.8 Å². The van der Waals surface area contributed by atoms with Crippen LogP contribution in [0.1, 0.15) is 30.4 Å². The predicted molar refractivity (Wildman–Crippen MR) is 112 cm³/mol. The summed E-state index contributed by atoms with van der Waals surface area (Å²) < 4.78 is 67.7. The molecule has 0 spiro atoms. The molecule has 0 saturated heterocycles. The number of hydrogen-bond donors (Lipinski definition) is 2. The molecule has 2 heterocycles. The number of halogens is 3. The summed E-state index contributed by atoms with van der Waals surface area (Å²) in [6.45, 7) is 0. The summed E-state index contributed by atoms with van der Waals surface area (Å²) in [5.74, 6) is -0.497. The normalized spacial score (nSPS) is 14.4. The monoisotopic (exact) mass is 464 g/mol. The van der Waals surface area contributed by atoms with E-state index in [0.717, 1.165) is 35.1 Å². The predicted octanol–water partition coefficient (Wildman–Crippen LogP) is 3.90. The lowest BCUT2D eigenvalue weighted by Crippen LogP contribution is -2.18. The molecule has 3 aromatic rings. The average molecular weight is 464 g/mol. The highest BCUT2D eigenvalue weighted by molar-refractivity contribution is 7.89. The van der Waals surface area contributed by atoms with Crippen molar-refractivity contribution < 1.29 is 21.6 Å². The van der Waals surface area contributed by atoms with Crippen LogP contribution in [-0.2, 0) is 16.2 Å². The fraction of sp³-hybridized carbons (Fsp3) is 0.250. The van der Waals surface area contributed by atoms with Gasteiger partial charge in [0.05, 0.1) is 11.1 Å². The third-order valence-corrected chi connectivity index (χ3v) is 6.41. The van der Waals surface area contributed by atoms with Gasteiger partial charge in [0.15, 0.2) is 5.82 Å². The molecule has 168 valence electrons. The standard InChI is InChI=1S/C20H19F3N6O2S/c1-24-32(30,31)16-8-6-15(7-9-16)27-19-25-11-17(20(21,22)23)18(28-19)29-12-14(10-26-29)13-4-2-3-5-13/h4,6-12,24H,2-3,5H2,1H3,(H,25,27,28). The van der Waals surface area contributed by atoms with Crippen LogP contribution >= 0.6 is 0 Å². The minimum absolute atomic E-state index is 0.0462. The molecule has 0 bridgehead atoms. The Labute approximate surface area is 182 Å². The van der Waals surface area contributed by atoms with Crippen LogP contribution in [0.2, 0.25) is 0 Å². The van der Waals surface area contributed by atoms with Crippen LogP contribution in [0.15, 0.2) is 53.8 Å². The number of benzene rings is 1. The maximum atomic E-state index is 13.6. The number of alkyl halides is 3. The maximum absolute atomic E-state index is 13.6. The van der Waals surface area contributed by atoms with Gasteiger partial charge in [-0.1, -0.05) is 6.08 Å². The first-order valence-corrected chi connectivity index (χ1v) is 11.1. The SMILES string of the molecule is CNS(=O)(=O)c1ccc(Nc2ncc(C(F)(F)F)c(-n3cc(C4=CCCC4)cn3)n2)cc1. The first-order valence-electron chi connectivity index (χ1n) is 9.67. The zero-order valence-electron chi connectivity index (χ0n) is 16.9. The molecule has 0 unspecified atom stereocenters. The Morgan fingerprint density at radius 3 is 2.50 bits per heavy atom. The van der Waals surface area contributed by atoms with Crippen molar-refractivity contribution in [2.24, 2.45) is 0 Å². The van der Waals surface area contributed by atoms with E-state index in [4.69, 9.17) is 0 Å². The topological polar surface area (TPSA) is 102 Å². The number of allylic oxidation sites excluding steroid dienone is 2. The van der Waals surface area contributed by atoms with Crippen molar-refractivity contribution in [2.75, 3.05) is 12.4 Å². The number of aromatic nitrogens is 4. The summed E-state index contributed by atoms with van der Waals surface area (Å²) in [5, 5.41) is 6.88. The zero-order valence-corrected chi connectivity index (χ0v) is 17.7. The Balaban J connectivity index is 1.67. The summed E-state index contributed by atoms with van der Waals surface area (Å²) in [7, 11) is -2.31. The summed E-state index contributed by atoms with van der Waals surface area (Å²) in [4.78, 5) is 7.86. The van der Waals surface area contributed by atoms with Gasteiger partial charge in [0.25, 0.3) is 0 Å². The first-order chi connectivity index (χ1) is 15.2. The molecule has 1 aliphatic carbocycles. The molecular formula is C20H19F3N6O2S. The van der Waals surface area contributed by atoms with Gasteiger partial charge in [-0.05, 0) is 56.1 Å². The van der Waals surface area contributed by atoms with Crippen molar-refractivity contribution in [3.63, 3.8) is 0 Å². The highest BCUT2D eigenvalue weighted by Crippen LogP contribution is 2.34. The van der Waals surface area contributed by atoms with Gasteiger partial charge < -0.3 is 5.32 Å². The number of nitrogens with zero attached hydrogens (tertiary/aromatic N) is 4. The Hall–Kier alpha value is -3.25. The number of hydrogen-bond acceptors (Lipinski definition) is 6. The van der Waals surface area contributed by atoms with Crippen molar-refractivity contribution in [1.29, 1.82) is 0 Å². The van der Waals surface area contributed by atoms with E-state index in [9.17, 15) is 21.6 Å². The van der Waals surface area contributed by atoms with Crippen molar-refractivity contribution in [3.05, 3.63) is 60.1 Å². The molecular weight excluding hydrogens is 445 g/mol. The summed E-state index contributed by atoms with van der Waals surface area (Å²) in [5.41, 5.74) is 1.19. The minimum atomic E-state index is -4.67. The van der Waals surface area contributed by atoms with Crippen LogP contribution in [0, 0.1) is 0 Å². The van der Waals surface area contributed by atoms with Crippen molar-refractivity contribution >= 4 is 27.2 Å². The van der Waals surface area contributed by atoms with E-state index in [1.165, 1.54) is 43.7 Å². The van der Waals surface area contributed by atoms with Crippen molar-refractivity contribution in [3.8, 4) is 5.82 Å². The number of anilines is 2. The van der Waals surface area contributed by atoms with E-state index in [1.54, 1.807) is 0 Å². The van der Waals surface area contributed by atoms with Gasteiger partial charge >= 0.3 is 6.18 Å². The summed E-state index contributed by atoms with van der Waals surface area (Å²) in [6, 6.07) is 5.63. The maximum Gasteiger partial charge on any atom is 0.421 e.